The molecule has 0 saturated carbocycles. The van der Waals surface area contributed by atoms with Crippen LogP contribution in [0, 0.1) is 5.92 Å². The van der Waals surface area contributed by atoms with Crippen molar-refractivity contribution < 1.29 is 19.1 Å². The molecule has 36 heavy (non-hydrogen) atoms. The number of Topliss-reactive ketones (excluding diaryl/α,β-unsaturated/α-hetero) is 2. The molecule has 0 saturated heterocycles. The van der Waals surface area contributed by atoms with E-state index in [9.17, 15) is 14.4 Å². The first-order valence-corrected chi connectivity index (χ1v) is 11.8. The molecule has 0 aromatic heterocycles. The van der Waals surface area contributed by atoms with Gasteiger partial charge in [-0.3, -0.25) is 9.59 Å². The molecular weight excluding hydrogens is 450 g/mol. The number of ether oxygens (including phenoxy) is 1. The van der Waals surface area contributed by atoms with Gasteiger partial charge in [-0.25, -0.2) is 4.79 Å². The molecule has 5 nitrogen and oxygen atoms in total. The van der Waals surface area contributed by atoms with E-state index in [0.29, 0.717) is 23.1 Å². The maximum Gasteiger partial charge on any atom is 0.407 e. The number of nitrogens with one attached hydrogen (secondary N) is 1. The van der Waals surface area contributed by atoms with Crippen LogP contribution in [0.5, 0.6) is 0 Å². The van der Waals surface area contributed by atoms with E-state index in [0.717, 1.165) is 5.56 Å². The molecule has 0 fully saturated rings. The topological polar surface area (TPSA) is 72.5 Å². The van der Waals surface area contributed by atoms with E-state index in [1.165, 1.54) is 0 Å². The van der Waals surface area contributed by atoms with Crippen LogP contribution >= 0.6 is 0 Å². The highest BCUT2D eigenvalue weighted by atomic mass is 16.5. The van der Waals surface area contributed by atoms with E-state index >= 15 is 0 Å². The van der Waals surface area contributed by atoms with Gasteiger partial charge in [0.05, 0.1) is 12.6 Å². The van der Waals surface area contributed by atoms with Crippen LogP contribution in [0.2, 0.25) is 0 Å². The van der Waals surface area contributed by atoms with Crippen molar-refractivity contribution >= 4 is 17.7 Å². The number of hydrogen-bond donors (Lipinski definition) is 1. The highest BCUT2D eigenvalue weighted by Gasteiger charge is 2.38. The average Bonchev–Trinajstić information content (AvgIpc) is 2.94. The Morgan fingerprint density at radius 1 is 0.611 bits per heavy atom. The number of hydrogen-bond acceptors (Lipinski definition) is 4. The molecule has 1 atom stereocenters. The maximum atomic E-state index is 13.7. The van der Waals surface area contributed by atoms with Crippen molar-refractivity contribution in [1.29, 1.82) is 0 Å². The summed E-state index contributed by atoms with van der Waals surface area (Å²) in [7, 11) is 0. The average molecular weight is 478 g/mol. The second-order valence-electron chi connectivity index (χ2n) is 8.34. The number of alkyl carbamates (subject to hydrolysis) is 1. The Labute approximate surface area is 210 Å². The summed E-state index contributed by atoms with van der Waals surface area (Å²) < 4.78 is 5.45. The standard InChI is InChI=1S/C31H27NO4/c33-29(25-17-9-3-10-18-25)27(30(34)26-19-11-4-12-20-26)28(24-15-7-2-8-16-24)32-31(35)36-22-21-23-13-5-1-6-14-23/h1-20,27-28H,21-22H2,(H,32,35)/t28-/m0/s1. The van der Waals surface area contributed by atoms with Crippen LogP contribution in [0.15, 0.2) is 121 Å². The van der Waals surface area contributed by atoms with Crippen molar-refractivity contribution in [2.75, 3.05) is 6.61 Å². The van der Waals surface area contributed by atoms with Crippen LogP contribution in [0.1, 0.15) is 37.9 Å². The summed E-state index contributed by atoms with van der Waals surface area (Å²) in [6.45, 7) is 0.168. The normalized spacial score (nSPS) is 11.5. The molecule has 4 aromatic carbocycles. The van der Waals surface area contributed by atoms with Gasteiger partial charge in [-0.2, -0.15) is 0 Å². The minimum atomic E-state index is -1.18. The van der Waals surface area contributed by atoms with Crippen LogP contribution in [-0.4, -0.2) is 24.3 Å². The van der Waals surface area contributed by atoms with Gasteiger partial charge in [0, 0.05) is 17.5 Å². The highest BCUT2D eigenvalue weighted by Crippen LogP contribution is 2.29. The number of carbonyl (C=O) groups is 3. The first-order valence-electron chi connectivity index (χ1n) is 11.8. The van der Waals surface area contributed by atoms with Gasteiger partial charge in [-0.15, -0.1) is 0 Å². The minimum Gasteiger partial charge on any atom is -0.449 e. The summed E-state index contributed by atoms with van der Waals surface area (Å²) >= 11 is 0. The number of amides is 1. The predicted octanol–water partition coefficient (Wildman–Crippen LogP) is 6.08. The smallest absolute Gasteiger partial charge is 0.407 e. The van der Waals surface area contributed by atoms with Crippen LogP contribution in [-0.2, 0) is 11.2 Å². The lowest BCUT2D eigenvalue weighted by Gasteiger charge is -2.27. The van der Waals surface area contributed by atoms with Crippen LogP contribution < -0.4 is 5.32 Å². The number of rotatable bonds is 10. The Kier molecular flexibility index (Phi) is 8.39. The molecule has 4 rings (SSSR count). The fraction of sp³-hybridized carbons (Fsp3) is 0.129. The third kappa shape index (κ3) is 6.33. The van der Waals surface area contributed by atoms with Gasteiger partial charge in [0.2, 0.25) is 0 Å². The molecule has 0 unspecified atom stereocenters. The minimum absolute atomic E-state index is 0.168. The molecule has 5 heteroatoms. The van der Waals surface area contributed by atoms with E-state index in [2.05, 4.69) is 5.32 Å². The molecule has 0 aliphatic rings. The van der Waals surface area contributed by atoms with Crippen LogP contribution in [0.25, 0.3) is 0 Å². The second kappa shape index (κ2) is 12.3. The van der Waals surface area contributed by atoms with E-state index in [1.807, 2.05) is 60.7 Å². The van der Waals surface area contributed by atoms with Crippen molar-refractivity contribution in [1.82, 2.24) is 5.32 Å². The Balaban J connectivity index is 1.63. The van der Waals surface area contributed by atoms with Crippen LogP contribution in [0.4, 0.5) is 4.79 Å². The van der Waals surface area contributed by atoms with E-state index in [4.69, 9.17) is 4.74 Å². The summed E-state index contributed by atoms with van der Waals surface area (Å²) in [6.07, 6.45) is -0.133. The first kappa shape index (κ1) is 24.6. The first-order chi connectivity index (χ1) is 17.6. The second-order valence-corrected chi connectivity index (χ2v) is 8.34. The quantitative estimate of drug-likeness (QED) is 0.222. The SMILES string of the molecule is O=C(N[C@@H](c1ccccc1)C(C(=O)c1ccccc1)C(=O)c1ccccc1)OCCc1ccccc1. The molecule has 4 aromatic rings. The van der Waals surface area contributed by atoms with Gasteiger partial charge in [0.1, 0.15) is 5.92 Å². The van der Waals surface area contributed by atoms with Crippen molar-refractivity contribution in [3.8, 4) is 0 Å². The number of ketones is 2. The molecule has 0 radical (unpaired) electrons. The number of benzene rings is 4. The summed E-state index contributed by atoms with van der Waals surface area (Å²) in [5, 5.41) is 2.82. The van der Waals surface area contributed by atoms with Crippen LogP contribution in [0.3, 0.4) is 0 Å². The van der Waals surface area contributed by atoms with Crippen molar-refractivity contribution in [2.24, 2.45) is 5.92 Å². The van der Waals surface area contributed by atoms with Gasteiger partial charge in [-0.05, 0) is 11.1 Å². The summed E-state index contributed by atoms with van der Waals surface area (Å²) in [4.78, 5) is 40.4. The Morgan fingerprint density at radius 3 is 1.56 bits per heavy atom. The zero-order valence-corrected chi connectivity index (χ0v) is 19.7. The number of carbonyl (C=O) groups excluding carboxylic acids is 3. The third-order valence-corrected chi connectivity index (χ3v) is 5.91. The Bertz CT molecular complexity index is 1220. The van der Waals surface area contributed by atoms with Gasteiger partial charge >= 0.3 is 6.09 Å². The fourth-order valence-electron chi connectivity index (χ4n) is 4.08. The Hall–Kier alpha value is -4.51. The van der Waals surface area contributed by atoms with E-state index < -0.39 is 18.1 Å². The van der Waals surface area contributed by atoms with Gasteiger partial charge in [0.25, 0.3) is 0 Å². The fourth-order valence-corrected chi connectivity index (χ4v) is 4.08. The molecular formula is C31H27NO4. The summed E-state index contributed by atoms with van der Waals surface area (Å²) in [5.74, 6) is -1.93. The van der Waals surface area contributed by atoms with E-state index in [-0.39, 0.29) is 18.2 Å². The summed E-state index contributed by atoms with van der Waals surface area (Å²) in [5.41, 5.74) is 2.47. The molecule has 0 aliphatic heterocycles. The van der Waals surface area contributed by atoms with E-state index in [1.54, 1.807) is 60.7 Å². The summed E-state index contributed by atoms with van der Waals surface area (Å²) in [6, 6.07) is 35.1. The van der Waals surface area contributed by atoms with Crippen molar-refractivity contribution in [3.05, 3.63) is 144 Å². The monoisotopic (exact) mass is 477 g/mol. The molecule has 1 amide bonds. The molecule has 0 spiro atoms. The lowest BCUT2D eigenvalue weighted by atomic mass is 9.81. The highest BCUT2D eigenvalue weighted by molar-refractivity contribution is 6.16. The van der Waals surface area contributed by atoms with Crippen molar-refractivity contribution in [2.45, 2.75) is 12.5 Å². The predicted molar refractivity (Wildman–Crippen MR) is 139 cm³/mol. The maximum absolute atomic E-state index is 13.7. The van der Waals surface area contributed by atoms with Gasteiger partial charge in [0.15, 0.2) is 11.6 Å². The lowest BCUT2D eigenvalue weighted by molar-refractivity contribution is 0.0764. The van der Waals surface area contributed by atoms with Crippen molar-refractivity contribution in [3.63, 3.8) is 0 Å². The molecule has 1 N–H and O–H groups in total. The molecule has 180 valence electrons. The zero-order valence-electron chi connectivity index (χ0n) is 19.7. The molecule has 0 heterocycles. The lowest BCUT2D eigenvalue weighted by Crippen LogP contribution is -2.41. The van der Waals surface area contributed by atoms with Gasteiger partial charge < -0.3 is 10.1 Å². The largest absolute Gasteiger partial charge is 0.449 e. The molecule has 0 aliphatic carbocycles. The zero-order chi connectivity index (χ0) is 25.2. The van der Waals surface area contributed by atoms with Gasteiger partial charge in [-0.1, -0.05) is 121 Å². The Morgan fingerprint density at radius 2 is 1.06 bits per heavy atom. The third-order valence-electron chi connectivity index (χ3n) is 5.91. The molecule has 0 bridgehead atoms.